The highest BCUT2D eigenvalue weighted by atomic mass is 35.5. The topological polar surface area (TPSA) is 125 Å². The van der Waals surface area contributed by atoms with E-state index in [1.165, 1.54) is 4.90 Å². The van der Waals surface area contributed by atoms with Crippen LogP contribution in [0.15, 0.2) is 97.3 Å². The Labute approximate surface area is 305 Å². The van der Waals surface area contributed by atoms with E-state index in [1.807, 2.05) is 88.5 Å². The minimum absolute atomic E-state index is 0. The fraction of sp³-hybridized carbons (Fsp3) is 0.179. The Morgan fingerprint density at radius 3 is 1.53 bits per heavy atom. The zero-order valence-corrected chi connectivity index (χ0v) is 29.2. The Hall–Kier alpha value is -5.42. The normalized spacial score (nSPS) is 13.5. The lowest BCUT2D eigenvalue weighted by Crippen LogP contribution is -2.33. The van der Waals surface area contributed by atoms with Crippen molar-refractivity contribution in [3.8, 4) is 11.6 Å². The first-order chi connectivity index (χ1) is 24.0. The van der Waals surface area contributed by atoms with Gasteiger partial charge in [-0.3, -0.25) is 14.5 Å². The maximum absolute atomic E-state index is 13.0. The number of pyridine rings is 2. The number of aryl methyl sites for hydroxylation is 2. The van der Waals surface area contributed by atoms with Crippen molar-refractivity contribution in [1.29, 1.82) is 0 Å². The van der Waals surface area contributed by atoms with Gasteiger partial charge >= 0.3 is 0 Å². The molecule has 12 heteroatoms. The summed E-state index contributed by atoms with van der Waals surface area (Å²) in [6.07, 6.45) is 3.69. The van der Waals surface area contributed by atoms with Crippen LogP contribution in [0.2, 0.25) is 10.0 Å². The van der Waals surface area contributed by atoms with Crippen molar-refractivity contribution in [1.82, 2.24) is 34.4 Å². The molecule has 2 atom stereocenters. The van der Waals surface area contributed by atoms with Crippen LogP contribution < -0.4 is 5.73 Å². The first-order valence-corrected chi connectivity index (χ1v) is 16.7. The van der Waals surface area contributed by atoms with E-state index in [0.29, 0.717) is 38.1 Å². The molecule has 0 spiro atoms. The summed E-state index contributed by atoms with van der Waals surface area (Å²) >= 11 is 12.6. The van der Waals surface area contributed by atoms with Crippen molar-refractivity contribution in [3.05, 3.63) is 141 Å². The molecule has 0 fully saturated rings. The van der Waals surface area contributed by atoms with E-state index >= 15 is 0 Å². The summed E-state index contributed by atoms with van der Waals surface area (Å²) in [4.78, 5) is 36.8. The fourth-order valence-electron chi connectivity index (χ4n) is 6.11. The van der Waals surface area contributed by atoms with Gasteiger partial charge < -0.3 is 5.73 Å². The highest BCUT2D eigenvalue weighted by Gasteiger charge is 2.39. The molecule has 5 heterocycles. The number of para-hydroxylation sites is 2. The molecule has 258 valence electrons. The van der Waals surface area contributed by atoms with E-state index in [2.05, 4.69) is 15.2 Å². The van der Waals surface area contributed by atoms with Gasteiger partial charge in [-0.15, -0.1) is 0 Å². The lowest BCUT2D eigenvalue weighted by molar-refractivity contribution is 0.0595. The lowest BCUT2D eigenvalue weighted by Gasteiger charge is -2.25. The second-order valence-electron chi connectivity index (χ2n) is 12.2. The molecule has 0 aliphatic carbocycles. The Morgan fingerprint density at radius 1 is 0.647 bits per heavy atom. The van der Waals surface area contributed by atoms with Gasteiger partial charge in [0.15, 0.2) is 11.6 Å². The number of hydrogen-bond donors (Lipinski definition) is 1. The highest BCUT2D eigenvalue weighted by molar-refractivity contribution is 6.35. The smallest absolute Gasteiger partial charge is 0.262 e. The van der Waals surface area contributed by atoms with E-state index in [9.17, 15) is 9.59 Å². The number of rotatable bonds is 5. The van der Waals surface area contributed by atoms with Gasteiger partial charge in [0, 0.05) is 40.3 Å². The van der Waals surface area contributed by atoms with Gasteiger partial charge in [0.2, 0.25) is 0 Å². The van der Waals surface area contributed by atoms with Crippen LogP contribution in [-0.2, 0) is 0 Å². The minimum Gasteiger partial charge on any atom is -0.324 e. The molecule has 0 unspecified atom stereocenters. The largest absolute Gasteiger partial charge is 0.324 e. The molecule has 0 saturated carbocycles. The average Bonchev–Trinajstić information content (AvgIpc) is 3.81. The maximum atomic E-state index is 13.0. The first-order valence-electron chi connectivity index (χ1n) is 16.0. The molecular formula is C39H36Cl2N8O2. The molecule has 1 aliphatic heterocycles. The SMILES string of the molecule is C.Cc1ccn(-c2nc3c(Cl)cccc3cc2[C@H](C)N)n1.Cc1ccn(-c2nc3c(Cl)cccc3cc2[C@H](C)N2C(=O)c3ccccc3C2=O)n1. The number of aromatic nitrogens is 6. The second kappa shape index (κ2) is 14.1. The number of imide groups is 1. The summed E-state index contributed by atoms with van der Waals surface area (Å²) in [5.41, 5.74) is 11.7. The number of benzene rings is 3. The standard InChI is InChI=1S/C23H17ClN4O2.C15H15ClN4.CH4/c1-13-10-11-27(26-13)21-18(12-15-6-5-9-19(24)20(15)25-21)14(2)28-22(29)16-7-3-4-8-17(16)23(28)30;1-9-6-7-20(19-9)15-12(10(2)17)8-11-4-3-5-13(16)14(11)18-15;/h3-12,14H,1-2H3;3-8,10H,17H2,1-2H3;1H4/t14-;10-;/m00./s1. The van der Waals surface area contributed by atoms with Gasteiger partial charge in [0.05, 0.1) is 49.6 Å². The summed E-state index contributed by atoms with van der Waals surface area (Å²) in [6.45, 7) is 7.59. The van der Waals surface area contributed by atoms with Crippen LogP contribution in [0.25, 0.3) is 33.4 Å². The zero-order chi connectivity index (χ0) is 35.3. The lowest BCUT2D eigenvalue weighted by atomic mass is 10.0. The van der Waals surface area contributed by atoms with Gasteiger partial charge in [0.1, 0.15) is 0 Å². The Bertz CT molecular complexity index is 2420. The van der Waals surface area contributed by atoms with Crippen molar-refractivity contribution < 1.29 is 9.59 Å². The Balaban J connectivity index is 0.000000186. The summed E-state index contributed by atoms with van der Waals surface area (Å²) in [7, 11) is 0. The third kappa shape index (κ3) is 6.49. The van der Waals surface area contributed by atoms with Crippen LogP contribution in [0.4, 0.5) is 0 Å². The van der Waals surface area contributed by atoms with Crippen molar-refractivity contribution in [2.75, 3.05) is 0 Å². The number of fused-ring (bicyclic) bond motifs is 3. The molecule has 2 N–H and O–H groups in total. The fourth-order valence-corrected chi connectivity index (χ4v) is 6.56. The molecular weight excluding hydrogens is 683 g/mol. The quantitative estimate of drug-likeness (QED) is 0.176. The van der Waals surface area contributed by atoms with Crippen LogP contribution in [-0.4, -0.2) is 46.2 Å². The summed E-state index contributed by atoms with van der Waals surface area (Å²) in [5, 5.41) is 11.9. The molecule has 10 nitrogen and oxygen atoms in total. The van der Waals surface area contributed by atoms with Gasteiger partial charge in [-0.1, -0.05) is 67.0 Å². The number of nitrogens with zero attached hydrogens (tertiary/aromatic N) is 7. The predicted molar refractivity (Wildman–Crippen MR) is 202 cm³/mol. The van der Waals surface area contributed by atoms with Crippen LogP contribution in [0.3, 0.4) is 0 Å². The molecule has 1 aliphatic rings. The highest BCUT2D eigenvalue weighted by Crippen LogP contribution is 2.36. The molecule has 8 rings (SSSR count). The average molecular weight is 720 g/mol. The van der Waals surface area contributed by atoms with Crippen molar-refractivity contribution in [3.63, 3.8) is 0 Å². The number of halogens is 2. The summed E-state index contributed by atoms with van der Waals surface area (Å²) in [6, 6.07) is 25.2. The monoisotopic (exact) mass is 718 g/mol. The van der Waals surface area contributed by atoms with Crippen LogP contribution >= 0.6 is 23.2 Å². The molecule has 7 aromatic rings. The van der Waals surface area contributed by atoms with Crippen molar-refractivity contribution in [2.24, 2.45) is 5.73 Å². The van der Waals surface area contributed by atoms with Gasteiger partial charge in [-0.2, -0.15) is 10.2 Å². The zero-order valence-electron chi connectivity index (χ0n) is 27.7. The maximum Gasteiger partial charge on any atom is 0.262 e. The number of hydrogen-bond acceptors (Lipinski definition) is 7. The van der Waals surface area contributed by atoms with Gasteiger partial charge in [-0.25, -0.2) is 19.3 Å². The van der Waals surface area contributed by atoms with E-state index in [4.69, 9.17) is 33.9 Å². The Kier molecular flexibility index (Phi) is 9.77. The summed E-state index contributed by atoms with van der Waals surface area (Å²) < 4.78 is 3.40. The number of nitrogens with two attached hydrogens (primary N) is 1. The molecule has 4 aromatic heterocycles. The molecule has 3 aromatic carbocycles. The number of amides is 2. The molecule has 0 radical (unpaired) electrons. The second-order valence-corrected chi connectivity index (χ2v) is 13.0. The molecule has 51 heavy (non-hydrogen) atoms. The predicted octanol–water partition coefficient (Wildman–Crippen LogP) is 8.78. The van der Waals surface area contributed by atoms with E-state index < -0.39 is 6.04 Å². The van der Waals surface area contributed by atoms with Crippen molar-refractivity contribution in [2.45, 2.75) is 47.2 Å². The first kappa shape index (κ1) is 35.4. The van der Waals surface area contributed by atoms with E-state index in [1.54, 1.807) is 45.9 Å². The van der Waals surface area contributed by atoms with Crippen LogP contribution in [0.5, 0.6) is 0 Å². The molecule has 0 bridgehead atoms. The van der Waals surface area contributed by atoms with Gasteiger partial charge in [0.25, 0.3) is 11.8 Å². The van der Waals surface area contributed by atoms with Crippen LogP contribution in [0.1, 0.15) is 76.6 Å². The van der Waals surface area contributed by atoms with E-state index in [-0.39, 0.29) is 25.3 Å². The molecule has 2 amide bonds. The van der Waals surface area contributed by atoms with Gasteiger partial charge in [-0.05, 0) is 76.2 Å². The van der Waals surface area contributed by atoms with Crippen molar-refractivity contribution >= 4 is 56.8 Å². The van der Waals surface area contributed by atoms with Crippen LogP contribution in [0, 0.1) is 13.8 Å². The third-order valence-corrected chi connectivity index (χ3v) is 9.25. The minimum atomic E-state index is -0.548. The number of carbonyl (C=O) groups is 2. The third-order valence-electron chi connectivity index (χ3n) is 8.64. The summed E-state index contributed by atoms with van der Waals surface area (Å²) in [5.74, 6) is 0.648. The Morgan fingerprint density at radius 2 is 1.10 bits per heavy atom. The molecule has 0 saturated heterocycles. The van der Waals surface area contributed by atoms with E-state index in [0.717, 1.165) is 39.1 Å². The number of carbonyl (C=O) groups excluding carboxylic acids is 2.